The summed E-state index contributed by atoms with van der Waals surface area (Å²) in [5.74, 6) is 0.868. The number of hydrogen-bond donors (Lipinski definition) is 0. The molecule has 0 fully saturated rings. The van der Waals surface area contributed by atoms with Gasteiger partial charge in [-0.2, -0.15) is 0 Å². The van der Waals surface area contributed by atoms with Crippen LogP contribution in [0.5, 0.6) is 0 Å². The molecule has 0 radical (unpaired) electrons. The fraction of sp³-hybridized carbons (Fsp3) is 0.545. The summed E-state index contributed by atoms with van der Waals surface area (Å²) in [4.78, 5) is 13.5. The summed E-state index contributed by atoms with van der Waals surface area (Å²) in [7, 11) is 1.96. The fourth-order valence-electron chi connectivity index (χ4n) is 1.46. The van der Waals surface area contributed by atoms with Crippen molar-refractivity contribution in [3.63, 3.8) is 0 Å². The van der Waals surface area contributed by atoms with Crippen LogP contribution in [0.1, 0.15) is 26.6 Å². The van der Waals surface area contributed by atoms with E-state index in [1.807, 2.05) is 17.9 Å². The molecule has 5 heteroatoms. The molecule has 0 aromatic carbocycles. The van der Waals surface area contributed by atoms with Gasteiger partial charge in [-0.25, -0.2) is 15.0 Å². The van der Waals surface area contributed by atoms with Crippen LogP contribution >= 0.6 is 11.8 Å². The quantitative estimate of drug-likeness (QED) is 0.563. The van der Waals surface area contributed by atoms with E-state index >= 15 is 0 Å². The normalized spacial score (nSPS) is 12.3. The maximum absolute atomic E-state index is 4.59. The maximum Gasteiger partial charge on any atom is 0.164 e. The van der Waals surface area contributed by atoms with Gasteiger partial charge in [0, 0.05) is 12.5 Å². The summed E-state index contributed by atoms with van der Waals surface area (Å²) in [5.41, 5.74) is 1.76. The summed E-state index contributed by atoms with van der Waals surface area (Å²) in [6.07, 6.45) is 3.80. The van der Waals surface area contributed by atoms with E-state index in [0.717, 1.165) is 22.0 Å². The first kappa shape index (κ1) is 11.4. The summed E-state index contributed by atoms with van der Waals surface area (Å²) in [6, 6.07) is 0. The lowest BCUT2D eigenvalue weighted by Gasteiger charge is -2.17. The van der Waals surface area contributed by atoms with Crippen molar-refractivity contribution in [2.75, 3.05) is 6.26 Å². The van der Waals surface area contributed by atoms with Crippen LogP contribution in [0, 0.1) is 0 Å². The number of nitrogens with zero attached hydrogens (tertiary/aromatic N) is 4. The standard InChI is InChI=1S/C11H16N4S/c1-11(2,3)10-13-8-7(9(14-10)16-5)12-6-15(8)4/h6H,1-5H3. The lowest BCUT2D eigenvalue weighted by Crippen LogP contribution is -2.16. The van der Waals surface area contributed by atoms with Gasteiger partial charge in [0.2, 0.25) is 0 Å². The molecule has 0 aliphatic rings. The smallest absolute Gasteiger partial charge is 0.164 e. The van der Waals surface area contributed by atoms with Crippen molar-refractivity contribution in [3.05, 3.63) is 12.2 Å². The van der Waals surface area contributed by atoms with Crippen LogP contribution < -0.4 is 0 Å². The molecule has 0 aliphatic carbocycles. The molecule has 86 valence electrons. The number of fused-ring (bicyclic) bond motifs is 1. The molecule has 16 heavy (non-hydrogen) atoms. The molecule has 0 bridgehead atoms. The van der Waals surface area contributed by atoms with Crippen molar-refractivity contribution in [3.8, 4) is 0 Å². The zero-order chi connectivity index (χ0) is 11.9. The van der Waals surface area contributed by atoms with Gasteiger partial charge in [-0.3, -0.25) is 0 Å². The number of thioether (sulfide) groups is 1. The van der Waals surface area contributed by atoms with Gasteiger partial charge in [0.25, 0.3) is 0 Å². The van der Waals surface area contributed by atoms with Crippen LogP contribution in [0.4, 0.5) is 0 Å². The van der Waals surface area contributed by atoms with Gasteiger partial charge in [0.05, 0.1) is 6.33 Å². The molecular weight excluding hydrogens is 220 g/mol. The molecule has 0 unspecified atom stereocenters. The maximum atomic E-state index is 4.59. The van der Waals surface area contributed by atoms with Gasteiger partial charge in [0.15, 0.2) is 5.65 Å². The van der Waals surface area contributed by atoms with E-state index in [-0.39, 0.29) is 5.41 Å². The minimum atomic E-state index is -0.0388. The van der Waals surface area contributed by atoms with E-state index < -0.39 is 0 Å². The Morgan fingerprint density at radius 2 is 1.94 bits per heavy atom. The van der Waals surface area contributed by atoms with Gasteiger partial charge in [-0.15, -0.1) is 11.8 Å². The Labute approximate surface area is 99.5 Å². The van der Waals surface area contributed by atoms with E-state index in [0.29, 0.717) is 0 Å². The average molecular weight is 236 g/mol. The van der Waals surface area contributed by atoms with Gasteiger partial charge in [0.1, 0.15) is 16.4 Å². The molecule has 0 aliphatic heterocycles. The Balaban J connectivity index is 2.76. The molecule has 0 saturated heterocycles. The highest BCUT2D eigenvalue weighted by molar-refractivity contribution is 7.98. The van der Waals surface area contributed by atoms with Crippen LogP contribution in [0.25, 0.3) is 11.2 Å². The molecule has 2 heterocycles. The second kappa shape index (κ2) is 3.73. The summed E-state index contributed by atoms with van der Waals surface area (Å²) in [5, 5.41) is 0.954. The van der Waals surface area contributed by atoms with Gasteiger partial charge in [-0.05, 0) is 6.26 Å². The van der Waals surface area contributed by atoms with E-state index in [4.69, 9.17) is 0 Å². The van der Waals surface area contributed by atoms with Crippen LogP contribution in [-0.4, -0.2) is 25.8 Å². The van der Waals surface area contributed by atoms with Crippen LogP contribution in [0.2, 0.25) is 0 Å². The van der Waals surface area contributed by atoms with Crippen molar-refractivity contribution < 1.29 is 0 Å². The number of imidazole rings is 1. The molecule has 2 aromatic rings. The fourth-order valence-corrected chi connectivity index (χ4v) is 1.97. The lowest BCUT2D eigenvalue weighted by atomic mass is 9.96. The van der Waals surface area contributed by atoms with E-state index in [2.05, 4.69) is 35.7 Å². The monoisotopic (exact) mass is 236 g/mol. The lowest BCUT2D eigenvalue weighted by molar-refractivity contribution is 0.541. The highest BCUT2D eigenvalue weighted by atomic mass is 32.2. The first-order valence-corrected chi connectivity index (χ1v) is 6.39. The van der Waals surface area contributed by atoms with Gasteiger partial charge < -0.3 is 4.57 Å². The molecule has 0 saturated carbocycles. The minimum absolute atomic E-state index is 0.0388. The third-order valence-electron chi connectivity index (χ3n) is 2.39. The summed E-state index contributed by atoms with van der Waals surface area (Å²) >= 11 is 1.61. The average Bonchev–Trinajstić information content (AvgIpc) is 2.58. The van der Waals surface area contributed by atoms with Crippen molar-refractivity contribution in [2.24, 2.45) is 7.05 Å². The minimum Gasteiger partial charge on any atom is -0.318 e. The summed E-state index contributed by atoms with van der Waals surface area (Å²) < 4.78 is 1.94. The second-order valence-corrected chi connectivity index (χ2v) is 5.63. The second-order valence-electron chi connectivity index (χ2n) is 4.83. The third kappa shape index (κ3) is 1.80. The highest BCUT2D eigenvalue weighted by Gasteiger charge is 2.21. The summed E-state index contributed by atoms with van der Waals surface area (Å²) in [6.45, 7) is 6.36. The molecular formula is C11H16N4S. The highest BCUT2D eigenvalue weighted by Crippen LogP contribution is 2.26. The Hall–Kier alpha value is -1.10. The van der Waals surface area contributed by atoms with E-state index in [9.17, 15) is 0 Å². The number of aromatic nitrogens is 4. The van der Waals surface area contributed by atoms with Crippen molar-refractivity contribution in [2.45, 2.75) is 31.2 Å². The van der Waals surface area contributed by atoms with Gasteiger partial charge in [-0.1, -0.05) is 20.8 Å². The predicted molar refractivity (Wildman–Crippen MR) is 66.8 cm³/mol. The van der Waals surface area contributed by atoms with Crippen molar-refractivity contribution >= 4 is 22.9 Å². The zero-order valence-electron chi connectivity index (χ0n) is 10.3. The Morgan fingerprint density at radius 3 is 2.50 bits per heavy atom. The molecule has 0 spiro atoms. The molecule has 2 rings (SSSR count). The van der Waals surface area contributed by atoms with E-state index in [1.54, 1.807) is 18.1 Å². The predicted octanol–water partition coefficient (Wildman–Crippen LogP) is 2.38. The first-order chi connectivity index (χ1) is 7.43. The van der Waals surface area contributed by atoms with Gasteiger partial charge >= 0.3 is 0 Å². The van der Waals surface area contributed by atoms with E-state index in [1.165, 1.54) is 0 Å². The third-order valence-corrected chi connectivity index (χ3v) is 3.06. The topological polar surface area (TPSA) is 43.6 Å². The molecule has 4 nitrogen and oxygen atoms in total. The zero-order valence-corrected chi connectivity index (χ0v) is 11.1. The Bertz CT molecular complexity index is 524. The number of aryl methyl sites for hydroxylation is 1. The van der Waals surface area contributed by atoms with Crippen LogP contribution in [-0.2, 0) is 12.5 Å². The largest absolute Gasteiger partial charge is 0.318 e. The SMILES string of the molecule is CSc1nc(C(C)(C)C)nc2c1ncn2C. The van der Waals surface area contributed by atoms with Crippen LogP contribution in [0.3, 0.4) is 0 Å². The van der Waals surface area contributed by atoms with Crippen molar-refractivity contribution in [1.82, 2.24) is 19.5 Å². The molecule has 0 amide bonds. The Kier molecular flexibility index (Phi) is 2.66. The Morgan fingerprint density at radius 1 is 1.25 bits per heavy atom. The molecule has 0 atom stereocenters. The number of rotatable bonds is 1. The molecule has 0 N–H and O–H groups in total. The molecule has 2 aromatic heterocycles. The number of hydrogen-bond acceptors (Lipinski definition) is 4. The first-order valence-electron chi connectivity index (χ1n) is 5.17. The van der Waals surface area contributed by atoms with Crippen LogP contribution in [0.15, 0.2) is 11.4 Å². The van der Waals surface area contributed by atoms with Crippen molar-refractivity contribution in [1.29, 1.82) is 0 Å².